The monoisotopic (exact) mass is 279 g/mol. The third kappa shape index (κ3) is 2.93. The van der Waals surface area contributed by atoms with E-state index in [1.54, 1.807) is 6.07 Å². The molecule has 0 aliphatic carbocycles. The van der Waals surface area contributed by atoms with Crippen molar-refractivity contribution in [3.8, 4) is 6.01 Å². The van der Waals surface area contributed by atoms with Crippen molar-refractivity contribution in [1.82, 2.24) is 9.97 Å². The average molecular weight is 280 g/mol. The van der Waals surface area contributed by atoms with Crippen LogP contribution in [0.2, 0.25) is 0 Å². The van der Waals surface area contributed by atoms with E-state index in [4.69, 9.17) is 10.5 Å². The normalized spacial score (nSPS) is 10.1. The summed E-state index contributed by atoms with van der Waals surface area (Å²) in [5.41, 5.74) is 6.63. The van der Waals surface area contributed by atoms with Crippen molar-refractivity contribution < 1.29 is 4.74 Å². The molecule has 5 heteroatoms. The fourth-order valence-electron chi connectivity index (χ4n) is 1.20. The lowest BCUT2D eigenvalue weighted by atomic mass is 10.2. The zero-order valence-corrected chi connectivity index (χ0v) is 10.0. The number of nitrogen functional groups attached to an aromatic ring is 1. The number of hydrogen-bond acceptors (Lipinski definition) is 4. The lowest BCUT2D eigenvalue weighted by Gasteiger charge is -2.05. The second-order valence-corrected chi connectivity index (χ2v) is 3.98. The maximum absolute atomic E-state index is 5.57. The highest BCUT2D eigenvalue weighted by Crippen LogP contribution is 2.14. The Morgan fingerprint density at radius 2 is 1.94 bits per heavy atom. The van der Waals surface area contributed by atoms with E-state index in [9.17, 15) is 0 Å². The van der Waals surface area contributed by atoms with Crippen LogP contribution in [0.5, 0.6) is 6.01 Å². The van der Waals surface area contributed by atoms with Crippen molar-refractivity contribution in [1.29, 1.82) is 0 Å². The van der Waals surface area contributed by atoms with Crippen LogP contribution in [0, 0.1) is 0 Å². The molecule has 2 rings (SSSR count). The van der Waals surface area contributed by atoms with Crippen molar-refractivity contribution in [3.05, 3.63) is 46.6 Å². The lowest BCUT2D eigenvalue weighted by molar-refractivity contribution is 0.280. The number of nitrogens with two attached hydrogens (primary N) is 1. The van der Waals surface area contributed by atoms with E-state index < -0.39 is 0 Å². The van der Waals surface area contributed by atoms with Gasteiger partial charge in [-0.3, -0.25) is 0 Å². The van der Waals surface area contributed by atoms with Gasteiger partial charge in [0, 0.05) is 6.07 Å². The zero-order valence-electron chi connectivity index (χ0n) is 8.43. The summed E-state index contributed by atoms with van der Waals surface area (Å²) < 4.78 is 6.04. The number of halogens is 1. The van der Waals surface area contributed by atoms with E-state index in [1.165, 1.54) is 0 Å². The Morgan fingerprint density at radius 3 is 2.62 bits per heavy atom. The Hall–Kier alpha value is -1.62. The molecule has 0 bridgehead atoms. The summed E-state index contributed by atoms with van der Waals surface area (Å²) >= 11 is 3.23. The molecule has 0 aliphatic rings. The summed E-state index contributed by atoms with van der Waals surface area (Å²) in [4.78, 5) is 8.02. The molecule has 0 saturated heterocycles. The number of rotatable bonds is 3. The number of nitrogens with zero attached hydrogens (tertiary/aromatic N) is 2. The molecule has 1 aromatic heterocycles. The van der Waals surface area contributed by atoms with Gasteiger partial charge in [-0.05, 0) is 21.5 Å². The van der Waals surface area contributed by atoms with Gasteiger partial charge in [0.05, 0.1) is 0 Å². The summed E-state index contributed by atoms with van der Waals surface area (Å²) in [5.74, 6) is 0.380. The number of anilines is 1. The number of ether oxygens (including phenoxy) is 1. The van der Waals surface area contributed by atoms with Crippen LogP contribution >= 0.6 is 15.9 Å². The Balaban J connectivity index is 2.05. The van der Waals surface area contributed by atoms with Crippen LogP contribution in [-0.4, -0.2) is 9.97 Å². The molecule has 0 unspecified atom stereocenters. The van der Waals surface area contributed by atoms with Crippen molar-refractivity contribution in [2.75, 3.05) is 5.73 Å². The van der Waals surface area contributed by atoms with E-state index in [0.29, 0.717) is 17.0 Å². The average Bonchev–Trinajstić information content (AvgIpc) is 2.27. The first-order chi connectivity index (χ1) is 7.74. The maximum Gasteiger partial charge on any atom is 0.319 e. The summed E-state index contributed by atoms with van der Waals surface area (Å²) in [7, 11) is 0. The quantitative estimate of drug-likeness (QED) is 0.877. The molecule has 2 N–H and O–H groups in total. The van der Waals surface area contributed by atoms with Gasteiger partial charge in [0.1, 0.15) is 17.0 Å². The molecule has 0 saturated carbocycles. The van der Waals surface area contributed by atoms with Crippen LogP contribution in [0.1, 0.15) is 5.56 Å². The van der Waals surface area contributed by atoms with Crippen LogP contribution in [0.4, 0.5) is 5.82 Å². The number of aromatic nitrogens is 2. The Labute approximate surface area is 102 Å². The van der Waals surface area contributed by atoms with E-state index >= 15 is 0 Å². The Bertz CT molecular complexity index is 456. The highest BCUT2D eigenvalue weighted by Gasteiger charge is 2.01. The van der Waals surface area contributed by atoms with Crippen LogP contribution < -0.4 is 10.5 Å². The van der Waals surface area contributed by atoms with Crippen molar-refractivity contribution in [2.24, 2.45) is 0 Å². The van der Waals surface area contributed by atoms with Gasteiger partial charge >= 0.3 is 6.01 Å². The maximum atomic E-state index is 5.57. The van der Waals surface area contributed by atoms with E-state index in [1.807, 2.05) is 30.3 Å². The van der Waals surface area contributed by atoms with Gasteiger partial charge in [0.25, 0.3) is 0 Å². The molecular formula is C11H10BrN3O. The molecule has 0 atom stereocenters. The number of hydrogen-bond donors (Lipinski definition) is 1. The van der Waals surface area contributed by atoms with Gasteiger partial charge in [-0.15, -0.1) is 0 Å². The molecule has 0 radical (unpaired) electrons. The van der Waals surface area contributed by atoms with Gasteiger partial charge in [-0.2, -0.15) is 9.97 Å². The van der Waals surface area contributed by atoms with Gasteiger partial charge < -0.3 is 10.5 Å². The Morgan fingerprint density at radius 1 is 1.19 bits per heavy atom. The first kappa shape index (κ1) is 10.9. The van der Waals surface area contributed by atoms with Gasteiger partial charge in [0.2, 0.25) is 0 Å². The van der Waals surface area contributed by atoms with E-state index in [2.05, 4.69) is 25.9 Å². The summed E-state index contributed by atoms with van der Waals surface area (Å²) in [5, 5.41) is 0. The SMILES string of the molecule is Nc1cc(Br)nc(OCc2ccccc2)n1. The molecule has 4 nitrogen and oxygen atoms in total. The van der Waals surface area contributed by atoms with Crippen LogP contribution in [0.3, 0.4) is 0 Å². The fraction of sp³-hybridized carbons (Fsp3) is 0.0909. The predicted octanol–water partition coefficient (Wildman–Crippen LogP) is 2.40. The molecule has 2 aromatic rings. The summed E-state index contributed by atoms with van der Waals surface area (Å²) in [6.07, 6.45) is 0. The standard InChI is InChI=1S/C11H10BrN3O/c12-9-6-10(13)15-11(14-9)16-7-8-4-2-1-3-5-8/h1-6H,7H2,(H2,13,14,15). The van der Waals surface area contributed by atoms with Crippen molar-refractivity contribution in [3.63, 3.8) is 0 Å². The highest BCUT2D eigenvalue weighted by atomic mass is 79.9. The largest absolute Gasteiger partial charge is 0.459 e. The predicted molar refractivity (Wildman–Crippen MR) is 64.9 cm³/mol. The summed E-state index contributed by atoms with van der Waals surface area (Å²) in [6.45, 7) is 0.427. The minimum Gasteiger partial charge on any atom is -0.459 e. The molecule has 0 aliphatic heterocycles. The first-order valence-corrected chi connectivity index (χ1v) is 5.50. The Kier molecular flexibility index (Phi) is 3.36. The van der Waals surface area contributed by atoms with E-state index in [-0.39, 0.29) is 6.01 Å². The molecule has 1 heterocycles. The molecule has 16 heavy (non-hydrogen) atoms. The van der Waals surface area contributed by atoms with Gasteiger partial charge in [-0.25, -0.2) is 0 Å². The van der Waals surface area contributed by atoms with Crippen LogP contribution in [0.15, 0.2) is 41.0 Å². The fourth-order valence-corrected chi connectivity index (χ4v) is 1.59. The van der Waals surface area contributed by atoms with E-state index in [0.717, 1.165) is 5.56 Å². The first-order valence-electron chi connectivity index (χ1n) is 4.71. The minimum absolute atomic E-state index is 0.274. The molecule has 1 aromatic carbocycles. The highest BCUT2D eigenvalue weighted by molar-refractivity contribution is 9.10. The van der Waals surface area contributed by atoms with Crippen molar-refractivity contribution in [2.45, 2.75) is 6.61 Å². The minimum atomic E-state index is 0.274. The van der Waals surface area contributed by atoms with Crippen LogP contribution in [0.25, 0.3) is 0 Å². The zero-order chi connectivity index (χ0) is 11.4. The molecule has 0 amide bonds. The molecule has 0 fully saturated rings. The van der Waals surface area contributed by atoms with Crippen molar-refractivity contribution >= 4 is 21.7 Å². The second kappa shape index (κ2) is 4.94. The van der Waals surface area contributed by atoms with Gasteiger partial charge in [-0.1, -0.05) is 30.3 Å². The smallest absolute Gasteiger partial charge is 0.319 e. The molecule has 0 spiro atoms. The summed E-state index contributed by atoms with van der Waals surface area (Å²) in [6, 6.07) is 11.7. The molecular weight excluding hydrogens is 270 g/mol. The lowest BCUT2D eigenvalue weighted by Crippen LogP contribution is -2.01. The topological polar surface area (TPSA) is 61.0 Å². The molecule has 82 valence electrons. The third-order valence-corrected chi connectivity index (χ3v) is 2.31. The second-order valence-electron chi connectivity index (χ2n) is 3.17. The van der Waals surface area contributed by atoms with Gasteiger partial charge in [0.15, 0.2) is 0 Å². The van der Waals surface area contributed by atoms with Crippen LogP contribution in [-0.2, 0) is 6.61 Å². The number of benzene rings is 1. The third-order valence-electron chi connectivity index (χ3n) is 1.90.